The first-order valence-corrected chi connectivity index (χ1v) is 8.23. The summed E-state index contributed by atoms with van der Waals surface area (Å²) < 4.78 is 16.0. The summed E-state index contributed by atoms with van der Waals surface area (Å²) >= 11 is 0. The van der Waals surface area contributed by atoms with Gasteiger partial charge in [0.15, 0.2) is 5.82 Å². The minimum Gasteiger partial charge on any atom is -0.497 e. The molecule has 2 aromatic carbocycles. The summed E-state index contributed by atoms with van der Waals surface area (Å²) in [5, 5.41) is 14.3. The molecule has 0 fully saturated rings. The van der Waals surface area contributed by atoms with Crippen LogP contribution >= 0.6 is 0 Å². The molecule has 0 saturated heterocycles. The highest BCUT2D eigenvalue weighted by Gasteiger charge is 2.09. The van der Waals surface area contributed by atoms with Crippen molar-refractivity contribution in [1.29, 1.82) is 0 Å². The maximum atomic E-state index is 5.39. The third-order valence-corrected chi connectivity index (χ3v) is 3.83. The van der Waals surface area contributed by atoms with Crippen molar-refractivity contribution in [3.63, 3.8) is 0 Å². The van der Waals surface area contributed by atoms with Crippen LogP contribution in [0, 0.1) is 6.92 Å². The first-order valence-electron chi connectivity index (χ1n) is 8.23. The van der Waals surface area contributed by atoms with Crippen LogP contribution in [-0.2, 0) is 0 Å². The molecular weight excluding hydrogens is 346 g/mol. The van der Waals surface area contributed by atoms with E-state index in [9.17, 15) is 0 Å². The number of aromatic nitrogens is 3. The summed E-state index contributed by atoms with van der Waals surface area (Å²) in [6, 6.07) is 11.3. The van der Waals surface area contributed by atoms with Crippen LogP contribution in [-0.4, -0.2) is 36.5 Å². The number of anilines is 4. The molecule has 8 heteroatoms. The fourth-order valence-electron chi connectivity index (χ4n) is 2.50. The Hall–Kier alpha value is -3.55. The topological polar surface area (TPSA) is 90.4 Å². The normalized spacial score (nSPS) is 10.2. The number of nitrogens with one attached hydrogen (secondary N) is 2. The van der Waals surface area contributed by atoms with Gasteiger partial charge >= 0.3 is 0 Å². The van der Waals surface area contributed by atoms with Gasteiger partial charge in [0.05, 0.1) is 38.9 Å². The Morgan fingerprint density at radius 1 is 0.815 bits per heavy atom. The second-order valence-corrected chi connectivity index (χ2v) is 5.69. The molecule has 0 bridgehead atoms. The lowest BCUT2D eigenvalue weighted by atomic mass is 10.2. The van der Waals surface area contributed by atoms with Gasteiger partial charge in [-0.1, -0.05) is 6.07 Å². The Morgan fingerprint density at radius 3 is 2.37 bits per heavy atom. The van der Waals surface area contributed by atoms with E-state index in [0.29, 0.717) is 29.0 Å². The fraction of sp³-hybridized carbons (Fsp3) is 0.211. The largest absolute Gasteiger partial charge is 0.497 e. The predicted octanol–water partition coefficient (Wildman–Crippen LogP) is 3.69. The van der Waals surface area contributed by atoms with Crippen LogP contribution < -0.4 is 24.8 Å². The third kappa shape index (κ3) is 4.35. The smallest absolute Gasteiger partial charge is 0.249 e. The number of rotatable bonds is 7. The van der Waals surface area contributed by atoms with Gasteiger partial charge in [-0.25, -0.2) is 0 Å². The first-order chi connectivity index (χ1) is 13.1. The van der Waals surface area contributed by atoms with Crippen molar-refractivity contribution in [3.05, 3.63) is 48.2 Å². The van der Waals surface area contributed by atoms with Gasteiger partial charge < -0.3 is 24.8 Å². The number of hydrogen-bond acceptors (Lipinski definition) is 8. The minimum absolute atomic E-state index is 0.344. The van der Waals surface area contributed by atoms with Crippen molar-refractivity contribution < 1.29 is 14.2 Å². The summed E-state index contributed by atoms with van der Waals surface area (Å²) in [5.74, 6) is 2.88. The Morgan fingerprint density at radius 2 is 1.63 bits per heavy atom. The number of hydrogen-bond donors (Lipinski definition) is 2. The Labute approximate surface area is 157 Å². The van der Waals surface area contributed by atoms with E-state index in [1.165, 1.54) is 6.20 Å². The molecule has 8 nitrogen and oxygen atoms in total. The van der Waals surface area contributed by atoms with Gasteiger partial charge in [0.25, 0.3) is 0 Å². The van der Waals surface area contributed by atoms with Gasteiger partial charge in [-0.15, -0.1) is 5.10 Å². The van der Waals surface area contributed by atoms with E-state index in [2.05, 4.69) is 25.8 Å². The number of aryl methyl sites for hydroxylation is 1. The third-order valence-electron chi connectivity index (χ3n) is 3.83. The van der Waals surface area contributed by atoms with Crippen molar-refractivity contribution in [1.82, 2.24) is 15.2 Å². The number of nitrogens with zero attached hydrogens (tertiary/aromatic N) is 3. The molecule has 3 rings (SSSR count). The highest BCUT2D eigenvalue weighted by molar-refractivity contribution is 5.67. The number of ether oxygens (including phenoxy) is 3. The SMILES string of the molecule is COc1ccc(Nc2cnnc(Nc3cc(C)ccc3OC)n2)c(OC)c1. The van der Waals surface area contributed by atoms with E-state index >= 15 is 0 Å². The van der Waals surface area contributed by atoms with Crippen LogP contribution in [0.15, 0.2) is 42.6 Å². The van der Waals surface area contributed by atoms with E-state index < -0.39 is 0 Å². The maximum absolute atomic E-state index is 5.39. The minimum atomic E-state index is 0.344. The molecule has 0 aliphatic carbocycles. The molecule has 1 aromatic heterocycles. The Balaban J connectivity index is 1.83. The lowest BCUT2D eigenvalue weighted by Gasteiger charge is -2.13. The maximum Gasteiger partial charge on any atom is 0.249 e. The zero-order valence-electron chi connectivity index (χ0n) is 15.6. The molecule has 0 spiro atoms. The number of benzene rings is 2. The summed E-state index contributed by atoms with van der Waals surface area (Å²) in [5.41, 5.74) is 2.58. The van der Waals surface area contributed by atoms with Gasteiger partial charge in [0, 0.05) is 6.07 Å². The van der Waals surface area contributed by atoms with Crippen LogP contribution in [0.4, 0.5) is 23.1 Å². The van der Waals surface area contributed by atoms with Gasteiger partial charge in [0.1, 0.15) is 17.2 Å². The zero-order chi connectivity index (χ0) is 19.2. The summed E-state index contributed by atoms with van der Waals surface area (Å²) in [4.78, 5) is 4.45. The summed E-state index contributed by atoms with van der Waals surface area (Å²) in [6.45, 7) is 2.00. The average molecular weight is 367 g/mol. The molecule has 0 radical (unpaired) electrons. The Bertz CT molecular complexity index is 933. The quantitative estimate of drug-likeness (QED) is 0.653. The average Bonchev–Trinajstić information content (AvgIpc) is 2.69. The molecule has 1 heterocycles. The standard InChI is InChI=1S/C19H21N5O3/c1-12-5-8-16(26-3)15(9-12)22-19-23-18(11-20-24-19)21-14-7-6-13(25-2)10-17(14)27-4/h5-11H,1-4H3,(H2,21,22,23,24). The van der Waals surface area contributed by atoms with Crippen molar-refractivity contribution in [2.45, 2.75) is 6.92 Å². The highest BCUT2D eigenvalue weighted by Crippen LogP contribution is 2.31. The second-order valence-electron chi connectivity index (χ2n) is 5.69. The van der Waals surface area contributed by atoms with Gasteiger partial charge in [-0.3, -0.25) is 0 Å². The van der Waals surface area contributed by atoms with Crippen LogP contribution in [0.25, 0.3) is 0 Å². The van der Waals surface area contributed by atoms with E-state index in [4.69, 9.17) is 14.2 Å². The first kappa shape index (κ1) is 18.2. The van der Waals surface area contributed by atoms with Crippen LogP contribution in [0.1, 0.15) is 5.56 Å². The molecule has 3 aromatic rings. The van der Waals surface area contributed by atoms with E-state index in [1.807, 2.05) is 37.3 Å². The van der Waals surface area contributed by atoms with Crippen molar-refractivity contribution in [2.24, 2.45) is 0 Å². The van der Waals surface area contributed by atoms with Gasteiger partial charge in [0.2, 0.25) is 5.95 Å². The zero-order valence-corrected chi connectivity index (χ0v) is 15.6. The fourth-order valence-corrected chi connectivity index (χ4v) is 2.50. The monoisotopic (exact) mass is 367 g/mol. The van der Waals surface area contributed by atoms with Crippen molar-refractivity contribution in [3.8, 4) is 17.2 Å². The molecule has 140 valence electrons. The molecule has 27 heavy (non-hydrogen) atoms. The Kier molecular flexibility index (Phi) is 5.55. The van der Waals surface area contributed by atoms with Crippen LogP contribution in [0.2, 0.25) is 0 Å². The molecule has 0 amide bonds. The van der Waals surface area contributed by atoms with E-state index in [-0.39, 0.29) is 0 Å². The van der Waals surface area contributed by atoms with Crippen molar-refractivity contribution >= 4 is 23.1 Å². The highest BCUT2D eigenvalue weighted by atomic mass is 16.5. The summed E-state index contributed by atoms with van der Waals surface area (Å²) in [7, 11) is 4.81. The molecule has 0 aliphatic rings. The molecule has 0 aliphatic heterocycles. The van der Waals surface area contributed by atoms with Gasteiger partial charge in [-0.05, 0) is 36.8 Å². The number of methoxy groups -OCH3 is 3. The van der Waals surface area contributed by atoms with E-state index in [0.717, 1.165) is 16.9 Å². The molecule has 0 saturated carbocycles. The molecule has 0 unspecified atom stereocenters. The van der Waals surface area contributed by atoms with Crippen LogP contribution in [0.3, 0.4) is 0 Å². The summed E-state index contributed by atoms with van der Waals surface area (Å²) in [6.07, 6.45) is 1.53. The van der Waals surface area contributed by atoms with E-state index in [1.54, 1.807) is 27.4 Å². The molecule has 2 N–H and O–H groups in total. The lowest BCUT2D eigenvalue weighted by molar-refractivity contribution is 0.395. The van der Waals surface area contributed by atoms with Crippen LogP contribution in [0.5, 0.6) is 17.2 Å². The van der Waals surface area contributed by atoms with Crippen molar-refractivity contribution in [2.75, 3.05) is 32.0 Å². The molecule has 0 atom stereocenters. The second kappa shape index (κ2) is 8.22. The van der Waals surface area contributed by atoms with Gasteiger partial charge in [-0.2, -0.15) is 10.1 Å². The lowest BCUT2D eigenvalue weighted by Crippen LogP contribution is -2.04. The predicted molar refractivity (Wildman–Crippen MR) is 104 cm³/mol. The molecular formula is C19H21N5O3.